The molecular weight excluding hydrogens is 192 g/mol. The molecule has 0 aliphatic carbocycles. The van der Waals surface area contributed by atoms with Crippen molar-refractivity contribution in [2.45, 2.75) is 26.7 Å². The van der Waals surface area contributed by atoms with Crippen LogP contribution in [0, 0.1) is 6.92 Å². The molecule has 0 unspecified atom stereocenters. The van der Waals surface area contributed by atoms with Crippen LogP contribution in [0.25, 0.3) is 11.1 Å². The lowest BCUT2D eigenvalue weighted by Gasteiger charge is -2.15. The lowest BCUT2D eigenvalue weighted by molar-refractivity contribution is 0.867. The van der Waals surface area contributed by atoms with E-state index in [0.717, 1.165) is 0 Å². The van der Waals surface area contributed by atoms with Gasteiger partial charge in [0.15, 0.2) is 0 Å². The van der Waals surface area contributed by atoms with Crippen molar-refractivity contribution in [3.63, 3.8) is 0 Å². The van der Waals surface area contributed by atoms with Crippen LogP contribution in [0.2, 0.25) is 0 Å². The number of hydrogen-bond donors (Lipinski definition) is 0. The molecule has 0 radical (unpaired) electrons. The summed E-state index contributed by atoms with van der Waals surface area (Å²) in [5.74, 6) is 0.565. The van der Waals surface area contributed by atoms with Crippen LogP contribution in [0.4, 0.5) is 0 Å². The second-order valence-corrected chi connectivity index (χ2v) is 4.56. The minimum absolute atomic E-state index is 0.565. The SMILES string of the molecule is Cc1cccc(C(C)C)c1-c1ccccc1. The minimum atomic E-state index is 0.565. The number of rotatable bonds is 2. The van der Waals surface area contributed by atoms with E-state index in [1.165, 1.54) is 22.3 Å². The van der Waals surface area contributed by atoms with E-state index in [1.54, 1.807) is 0 Å². The topological polar surface area (TPSA) is 0 Å². The van der Waals surface area contributed by atoms with Gasteiger partial charge in [-0.15, -0.1) is 0 Å². The third-order valence-electron chi connectivity index (χ3n) is 2.99. The van der Waals surface area contributed by atoms with Crippen LogP contribution >= 0.6 is 0 Å². The molecular formula is C16H18. The summed E-state index contributed by atoms with van der Waals surface area (Å²) in [4.78, 5) is 0. The van der Waals surface area contributed by atoms with Crippen LogP contribution in [0.5, 0.6) is 0 Å². The monoisotopic (exact) mass is 210 g/mol. The zero-order chi connectivity index (χ0) is 11.5. The largest absolute Gasteiger partial charge is 0.0622 e. The van der Waals surface area contributed by atoms with Crippen molar-refractivity contribution in [3.8, 4) is 11.1 Å². The summed E-state index contributed by atoms with van der Waals surface area (Å²) >= 11 is 0. The van der Waals surface area contributed by atoms with E-state index in [-0.39, 0.29) is 0 Å². The van der Waals surface area contributed by atoms with Crippen molar-refractivity contribution < 1.29 is 0 Å². The molecule has 0 spiro atoms. The molecule has 0 heterocycles. The number of aryl methyl sites for hydroxylation is 1. The van der Waals surface area contributed by atoms with Crippen LogP contribution in [-0.4, -0.2) is 0 Å². The van der Waals surface area contributed by atoms with Gasteiger partial charge in [-0.3, -0.25) is 0 Å². The van der Waals surface area contributed by atoms with Gasteiger partial charge in [-0.1, -0.05) is 62.4 Å². The van der Waals surface area contributed by atoms with Crippen LogP contribution in [0.15, 0.2) is 48.5 Å². The van der Waals surface area contributed by atoms with Gasteiger partial charge < -0.3 is 0 Å². The second-order valence-electron chi connectivity index (χ2n) is 4.56. The van der Waals surface area contributed by atoms with Gasteiger partial charge in [-0.2, -0.15) is 0 Å². The second kappa shape index (κ2) is 4.52. The smallest absolute Gasteiger partial charge is 0.0120 e. The van der Waals surface area contributed by atoms with E-state index in [0.29, 0.717) is 5.92 Å². The highest BCUT2D eigenvalue weighted by Crippen LogP contribution is 2.31. The van der Waals surface area contributed by atoms with Gasteiger partial charge in [0.05, 0.1) is 0 Å². The van der Waals surface area contributed by atoms with Crippen LogP contribution in [-0.2, 0) is 0 Å². The predicted octanol–water partition coefficient (Wildman–Crippen LogP) is 4.79. The summed E-state index contributed by atoms with van der Waals surface area (Å²) in [6, 6.07) is 17.2. The van der Waals surface area contributed by atoms with Crippen molar-refractivity contribution in [2.75, 3.05) is 0 Å². The Balaban J connectivity index is 2.64. The van der Waals surface area contributed by atoms with Crippen molar-refractivity contribution in [2.24, 2.45) is 0 Å². The van der Waals surface area contributed by atoms with E-state index in [4.69, 9.17) is 0 Å². The standard InChI is InChI=1S/C16H18/c1-12(2)15-11-7-8-13(3)16(15)14-9-5-4-6-10-14/h4-12H,1-3H3. The Labute approximate surface area is 97.9 Å². The molecule has 0 atom stereocenters. The first kappa shape index (κ1) is 10.9. The Bertz CT molecular complexity index is 467. The molecule has 2 aromatic carbocycles. The van der Waals surface area contributed by atoms with Gasteiger partial charge in [-0.25, -0.2) is 0 Å². The fourth-order valence-electron chi connectivity index (χ4n) is 2.17. The summed E-state index contributed by atoms with van der Waals surface area (Å²) in [6.07, 6.45) is 0. The highest BCUT2D eigenvalue weighted by molar-refractivity contribution is 5.71. The van der Waals surface area contributed by atoms with Crippen LogP contribution < -0.4 is 0 Å². The highest BCUT2D eigenvalue weighted by atomic mass is 14.1. The van der Waals surface area contributed by atoms with Gasteiger partial charge in [0.1, 0.15) is 0 Å². The van der Waals surface area contributed by atoms with Crippen LogP contribution in [0.3, 0.4) is 0 Å². The number of hydrogen-bond acceptors (Lipinski definition) is 0. The average molecular weight is 210 g/mol. The van der Waals surface area contributed by atoms with E-state index < -0.39 is 0 Å². The maximum Gasteiger partial charge on any atom is -0.0120 e. The van der Waals surface area contributed by atoms with E-state index in [2.05, 4.69) is 69.3 Å². The summed E-state index contributed by atoms with van der Waals surface area (Å²) in [5.41, 5.74) is 5.52. The zero-order valence-electron chi connectivity index (χ0n) is 10.2. The molecule has 0 aliphatic heterocycles. The maximum absolute atomic E-state index is 2.25. The molecule has 16 heavy (non-hydrogen) atoms. The molecule has 2 aromatic rings. The van der Waals surface area contributed by atoms with E-state index in [1.807, 2.05) is 0 Å². The van der Waals surface area contributed by atoms with E-state index >= 15 is 0 Å². The predicted molar refractivity (Wildman–Crippen MR) is 70.7 cm³/mol. The minimum Gasteiger partial charge on any atom is -0.0622 e. The van der Waals surface area contributed by atoms with Crippen molar-refractivity contribution in [1.29, 1.82) is 0 Å². The van der Waals surface area contributed by atoms with Crippen molar-refractivity contribution in [3.05, 3.63) is 59.7 Å². The van der Waals surface area contributed by atoms with Gasteiger partial charge in [0.25, 0.3) is 0 Å². The molecule has 0 N–H and O–H groups in total. The third kappa shape index (κ3) is 2.01. The summed E-state index contributed by atoms with van der Waals surface area (Å²) in [6.45, 7) is 6.69. The molecule has 0 saturated heterocycles. The fraction of sp³-hybridized carbons (Fsp3) is 0.250. The Morgan fingerprint density at radius 3 is 2.12 bits per heavy atom. The molecule has 82 valence electrons. The molecule has 0 amide bonds. The zero-order valence-corrected chi connectivity index (χ0v) is 10.2. The molecule has 0 heteroatoms. The summed E-state index contributed by atoms with van der Waals surface area (Å²) < 4.78 is 0. The fourth-order valence-corrected chi connectivity index (χ4v) is 2.17. The average Bonchev–Trinajstić information content (AvgIpc) is 2.29. The van der Waals surface area contributed by atoms with Crippen molar-refractivity contribution in [1.82, 2.24) is 0 Å². The van der Waals surface area contributed by atoms with E-state index in [9.17, 15) is 0 Å². The first-order valence-corrected chi connectivity index (χ1v) is 5.85. The lowest BCUT2D eigenvalue weighted by atomic mass is 9.89. The molecule has 0 aliphatic rings. The van der Waals surface area contributed by atoms with Gasteiger partial charge in [0, 0.05) is 0 Å². The molecule has 0 fully saturated rings. The molecule has 0 bridgehead atoms. The Morgan fingerprint density at radius 1 is 0.812 bits per heavy atom. The van der Waals surface area contributed by atoms with Gasteiger partial charge in [-0.05, 0) is 35.1 Å². The van der Waals surface area contributed by atoms with Crippen molar-refractivity contribution >= 4 is 0 Å². The molecule has 0 nitrogen and oxygen atoms in total. The lowest BCUT2D eigenvalue weighted by Crippen LogP contribution is -1.94. The Kier molecular flexibility index (Phi) is 3.09. The normalized spacial score (nSPS) is 10.8. The Hall–Kier alpha value is -1.56. The molecule has 2 rings (SSSR count). The third-order valence-corrected chi connectivity index (χ3v) is 2.99. The summed E-state index contributed by atoms with van der Waals surface area (Å²) in [7, 11) is 0. The Morgan fingerprint density at radius 2 is 1.50 bits per heavy atom. The first-order chi connectivity index (χ1) is 7.70. The highest BCUT2D eigenvalue weighted by Gasteiger charge is 2.09. The molecule has 0 aromatic heterocycles. The first-order valence-electron chi connectivity index (χ1n) is 5.85. The van der Waals surface area contributed by atoms with Crippen LogP contribution in [0.1, 0.15) is 30.9 Å². The quantitative estimate of drug-likeness (QED) is 0.668. The molecule has 0 saturated carbocycles. The maximum atomic E-state index is 2.25. The number of benzene rings is 2. The summed E-state index contributed by atoms with van der Waals surface area (Å²) in [5, 5.41) is 0. The van der Waals surface area contributed by atoms with Gasteiger partial charge >= 0.3 is 0 Å². The van der Waals surface area contributed by atoms with Gasteiger partial charge in [0.2, 0.25) is 0 Å².